The molecule has 0 amide bonds. The van der Waals surface area contributed by atoms with Crippen molar-refractivity contribution in [3.63, 3.8) is 0 Å². The highest BCUT2D eigenvalue weighted by Gasteiger charge is 1.88. The minimum Gasteiger partial charge on any atom is -0.328 e. The van der Waals surface area contributed by atoms with Gasteiger partial charge in [-0.3, -0.25) is 0 Å². The third-order valence-electron chi connectivity index (χ3n) is 0.420. The monoisotopic (exact) mass is 91.1 g/mol. The van der Waals surface area contributed by atoms with E-state index in [2.05, 4.69) is 0 Å². The molecule has 0 rings (SSSR count). The predicted molar refractivity (Wildman–Crippen MR) is 22.0 cm³/mol. The molecule has 1 atom stereocenters. The van der Waals surface area contributed by atoms with Gasteiger partial charge in [-0.15, -0.1) is 0 Å². The lowest BCUT2D eigenvalue weighted by atomic mass is 10.6. The molecule has 0 aromatic heterocycles. The Bertz CT molecular complexity index is 28.0. The Kier molecular flexibility index (Phi) is 2.97. The van der Waals surface area contributed by atoms with Crippen LogP contribution in [0.2, 0.25) is 0 Å². The first kappa shape index (κ1) is 5.84. The number of hydroxylamine groups is 1. The van der Waals surface area contributed by atoms with Gasteiger partial charge >= 0.3 is 0 Å². The van der Waals surface area contributed by atoms with Gasteiger partial charge in [-0.2, -0.15) is 5.48 Å². The van der Waals surface area contributed by atoms with Crippen LogP contribution < -0.4 is 16.9 Å². The van der Waals surface area contributed by atoms with Crippen LogP contribution in [0.5, 0.6) is 0 Å². The average molecular weight is 91.1 g/mol. The minimum atomic E-state index is -0.481. The van der Waals surface area contributed by atoms with Crippen LogP contribution in [0.25, 0.3) is 0 Å². The predicted octanol–water partition coefficient (Wildman–Crippen LogP) is -1.79. The van der Waals surface area contributed by atoms with E-state index in [1.54, 1.807) is 5.48 Å². The van der Waals surface area contributed by atoms with E-state index in [0.29, 0.717) is 0 Å². The van der Waals surface area contributed by atoms with Crippen molar-refractivity contribution in [3.05, 3.63) is 0 Å². The zero-order chi connectivity index (χ0) is 4.99. The summed E-state index contributed by atoms with van der Waals surface area (Å²) in [6.45, 7) is 0.247. The van der Waals surface area contributed by atoms with E-state index in [-0.39, 0.29) is 6.54 Å². The van der Waals surface area contributed by atoms with E-state index in [0.717, 1.165) is 0 Å². The highest BCUT2D eigenvalue weighted by atomic mass is 16.5. The van der Waals surface area contributed by atoms with E-state index >= 15 is 0 Å². The van der Waals surface area contributed by atoms with Crippen LogP contribution in [0.4, 0.5) is 0 Å². The van der Waals surface area contributed by atoms with Gasteiger partial charge in [-0.25, -0.2) is 0 Å². The van der Waals surface area contributed by atoms with Crippen LogP contribution in [0, 0.1) is 0 Å². The van der Waals surface area contributed by atoms with Gasteiger partial charge < -0.3 is 16.7 Å². The SMILES string of the molecule is NCC(N)NO. The summed E-state index contributed by atoms with van der Waals surface area (Å²) < 4.78 is 0. The molecule has 0 radical (unpaired) electrons. The smallest absolute Gasteiger partial charge is 0.0908 e. The van der Waals surface area contributed by atoms with Crippen LogP contribution in [0.15, 0.2) is 0 Å². The maximum absolute atomic E-state index is 7.88. The van der Waals surface area contributed by atoms with Crippen molar-refractivity contribution in [2.24, 2.45) is 11.5 Å². The molecular weight excluding hydrogens is 82.0 g/mol. The molecule has 6 N–H and O–H groups in total. The minimum absolute atomic E-state index is 0.247. The summed E-state index contributed by atoms with van der Waals surface area (Å²) in [5, 5.41) is 7.88. The van der Waals surface area contributed by atoms with Gasteiger partial charge in [0.25, 0.3) is 0 Å². The highest BCUT2D eigenvalue weighted by Crippen LogP contribution is 1.53. The Morgan fingerprint density at radius 3 is 2.33 bits per heavy atom. The molecule has 0 aromatic rings. The average Bonchev–Trinajstić information content (AvgIpc) is 1.65. The molecule has 0 aromatic carbocycles. The van der Waals surface area contributed by atoms with Gasteiger partial charge in [0.1, 0.15) is 0 Å². The normalized spacial score (nSPS) is 14.5. The molecule has 0 aliphatic rings. The molecule has 0 heterocycles. The summed E-state index contributed by atoms with van der Waals surface area (Å²) in [4.78, 5) is 0. The molecule has 0 aliphatic carbocycles. The Morgan fingerprint density at radius 1 is 1.83 bits per heavy atom. The topological polar surface area (TPSA) is 84.3 Å². The summed E-state index contributed by atoms with van der Waals surface area (Å²) in [5.41, 5.74) is 11.7. The first-order chi connectivity index (χ1) is 2.81. The van der Waals surface area contributed by atoms with Gasteiger partial charge in [-0.05, 0) is 0 Å². The van der Waals surface area contributed by atoms with Crippen molar-refractivity contribution in [1.29, 1.82) is 0 Å². The van der Waals surface area contributed by atoms with Crippen molar-refractivity contribution in [2.75, 3.05) is 6.54 Å². The molecular formula is C2H9N3O. The standard InChI is InChI=1S/C2H9N3O/c3-1-2(4)5-6/h2,5-6H,1,3-4H2. The lowest BCUT2D eigenvalue weighted by Gasteiger charge is -2.01. The van der Waals surface area contributed by atoms with Gasteiger partial charge in [0.2, 0.25) is 0 Å². The molecule has 6 heavy (non-hydrogen) atoms. The molecule has 38 valence electrons. The molecule has 4 heteroatoms. The Morgan fingerprint density at radius 2 is 2.33 bits per heavy atom. The van der Waals surface area contributed by atoms with Crippen molar-refractivity contribution in [3.8, 4) is 0 Å². The number of rotatable bonds is 2. The Labute approximate surface area is 36.1 Å². The van der Waals surface area contributed by atoms with Crippen LogP contribution in [0.1, 0.15) is 0 Å². The van der Waals surface area contributed by atoms with Crippen molar-refractivity contribution >= 4 is 0 Å². The highest BCUT2D eigenvalue weighted by molar-refractivity contribution is 4.47. The molecule has 0 aliphatic heterocycles. The maximum Gasteiger partial charge on any atom is 0.0908 e. The fraction of sp³-hybridized carbons (Fsp3) is 1.00. The van der Waals surface area contributed by atoms with E-state index in [9.17, 15) is 0 Å². The number of nitrogens with two attached hydrogens (primary N) is 2. The Balaban J connectivity index is 2.75. The molecule has 4 nitrogen and oxygen atoms in total. The summed E-state index contributed by atoms with van der Waals surface area (Å²) in [5.74, 6) is 0. The van der Waals surface area contributed by atoms with Crippen LogP contribution in [-0.2, 0) is 0 Å². The second-order valence-electron chi connectivity index (χ2n) is 0.971. The van der Waals surface area contributed by atoms with Crippen LogP contribution in [-0.4, -0.2) is 17.9 Å². The first-order valence-corrected chi connectivity index (χ1v) is 1.66. The fourth-order valence-corrected chi connectivity index (χ4v) is 0.0527. The molecule has 0 spiro atoms. The summed E-state index contributed by atoms with van der Waals surface area (Å²) in [6, 6.07) is 0. The van der Waals surface area contributed by atoms with Crippen molar-refractivity contribution < 1.29 is 5.21 Å². The van der Waals surface area contributed by atoms with Gasteiger partial charge in [-0.1, -0.05) is 0 Å². The largest absolute Gasteiger partial charge is 0.328 e. The maximum atomic E-state index is 7.88. The van der Waals surface area contributed by atoms with Gasteiger partial charge in [0.15, 0.2) is 0 Å². The zero-order valence-corrected chi connectivity index (χ0v) is 3.39. The van der Waals surface area contributed by atoms with E-state index in [4.69, 9.17) is 16.7 Å². The van der Waals surface area contributed by atoms with E-state index in [1.807, 2.05) is 0 Å². The molecule has 0 fully saturated rings. The third-order valence-corrected chi connectivity index (χ3v) is 0.420. The third kappa shape index (κ3) is 2.10. The first-order valence-electron chi connectivity index (χ1n) is 1.66. The van der Waals surface area contributed by atoms with Crippen LogP contribution in [0.3, 0.4) is 0 Å². The second-order valence-corrected chi connectivity index (χ2v) is 0.971. The number of hydrogen-bond acceptors (Lipinski definition) is 4. The van der Waals surface area contributed by atoms with Crippen LogP contribution >= 0.6 is 0 Å². The zero-order valence-electron chi connectivity index (χ0n) is 3.39. The van der Waals surface area contributed by atoms with E-state index < -0.39 is 6.17 Å². The summed E-state index contributed by atoms with van der Waals surface area (Å²) in [6.07, 6.45) is -0.481. The second kappa shape index (κ2) is 3.05. The molecule has 0 saturated carbocycles. The van der Waals surface area contributed by atoms with Crippen molar-refractivity contribution in [1.82, 2.24) is 5.48 Å². The molecule has 0 saturated heterocycles. The van der Waals surface area contributed by atoms with Crippen molar-refractivity contribution in [2.45, 2.75) is 6.17 Å². The number of hydrogen-bond donors (Lipinski definition) is 4. The lowest BCUT2D eigenvalue weighted by molar-refractivity contribution is 0.131. The number of nitrogens with one attached hydrogen (secondary N) is 1. The Hall–Kier alpha value is -0.160. The summed E-state index contributed by atoms with van der Waals surface area (Å²) in [7, 11) is 0. The fourth-order valence-electron chi connectivity index (χ4n) is 0.0527. The quantitative estimate of drug-likeness (QED) is 0.239. The molecule has 0 bridgehead atoms. The van der Waals surface area contributed by atoms with Gasteiger partial charge in [0.05, 0.1) is 6.17 Å². The van der Waals surface area contributed by atoms with Gasteiger partial charge in [0, 0.05) is 6.54 Å². The summed E-state index contributed by atoms with van der Waals surface area (Å²) >= 11 is 0. The van der Waals surface area contributed by atoms with E-state index in [1.165, 1.54) is 0 Å². The molecule has 1 unspecified atom stereocenters. The lowest BCUT2D eigenvalue weighted by Crippen LogP contribution is -2.41.